The van der Waals surface area contributed by atoms with Crippen molar-refractivity contribution in [3.8, 4) is 5.75 Å². The maximum Gasteiger partial charge on any atom is 0.123 e. The molecule has 17 heavy (non-hydrogen) atoms. The Balaban J connectivity index is 1.85. The third kappa shape index (κ3) is 1.74. The number of methoxy groups -OCH3 is 1. The normalized spacial score (nSPS) is 32.0. The molecule has 1 aromatic carbocycles. The van der Waals surface area contributed by atoms with Crippen molar-refractivity contribution in [2.75, 3.05) is 7.11 Å². The number of benzene rings is 1. The minimum atomic E-state index is 0.251. The molecule has 92 valence electrons. The lowest BCUT2D eigenvalue weighted by Crippen LogP contribution is -2.31. The van der Waals surface area contributed by atoms with Crippen molar-refractivity contribution in [3.05, 3.63) is 29.8 Å². The molecule has 0 radical (unpaired) electrons. The van der Waals surface area contributed by atoms with Gasteiger partial charge >= 0.3 is 0 Å². The van der Waals surface area contributed by atoms with Crippen molar-refractivity contribution in [2.45, 2.75) is 25.3 Å². The Morgan fingerprint density at radius 1 is 1.29 bits per heavy atom. The summed E-state index contributed by atoms with van der Waals surface area (Å²) in [5.41, 5.74) is 4.21. The number of ether oxygens (including phenoxy) is 1. The smallest absolute Gasteiger partial charge is 0.123 e. The van der Waals surface area contributed by atoms with Gasteiger partial charge in [0.25, 0.3) is 0 Å². The second-order valence-corrected chi connectivity index (χ2v) is 5.22. The van der Waals surface area contributed by atoms with E-state index in [1.54, 1.807) is 7.11 Å². The van der Waals surface area contributed by atoms with Crippen molar-refractivity contribution in [2.24, 2.45) is 23.6 Å². The van der Waals surface area contributed by atoms with Crippen molar-refractivity contribution in [3.63, 3.8) is 0 Å². The molecule has 3 heteroatoms. The molecule has 3 rings (SSSR count). The molecule has 3 unspecified atom stereocenters. The highest BCUT2D eigenvalue weighted by Crippen LogP contribution is 2.62. The zero-order chi connectivity index (χ0) is 11.8. The average Bonchev–Trinajstić information content (AvgIpc) is 2.85. The number of para-hydroxylation sites is 1. The van der Waals surface area contributed by atoms with E-state index in [1.165, 1.54) is 24.8 Å². The van der Waals surface area contributed by atoms with Crippen LogP contribution in [-0.4, -0.2) is 7.11 Å². The van der Waals surface area contributed by atoms with Gasteiger partial charge in [0.2, 0.25) is 0 Å². The summed E-state index contributed by atoms with van der Waals surface area (Å²) in [6.07, 6.45) is 4.15. The Bertz CT molecular complexity index is 397. The van der Waals surface area contributed by atoms with Crippen molar-refractivity contribution >= 4 is 0 Å². The van der Waals surface area contributed by atoms with E-state index in [4.69, 9.17) is 10.6 Å². The molecule has 2 aliphatic carbocycles. The van der Waals surface area contributed by atoms with Crippen LogP contribution in [0.2, 0.25) is 0 Å². The van der Waals surface area contributed by atoms with Gasteiger partial charge in [-0.15, -0.1) is 0 Å². The largest absolute Gasteiger partial charge is 0.496 e. The number of rotatable bonds is 4. The zero-order valence-corrected chi connectivity index (χ0v) is 10.2. The SMILES string of the molecule is COc1ccccc1C(NN)C1C2CCCC21. The van der Waals surface area contributed by atoms with Gasteiger partial charge in [0, 0.05) is 5.56 Å². The molecule has 0 aromatic heterocycles. The third-order valence-electron chi connectivity index (χ3n) is 4.51. The topological polar surface area (TPSA) is 47.3 Å². The van der Waals surface area contributed by atoms with E-state index in [9.17, 15) is 0 Å². The summed E-state index contributed by atoms with van der Waals surface area (Å²) in [4.78, 5) is 0. The van der Waals surface area contributed by atoms with Crippen LogP contribution < -0.4 is 16.0 Å². The van der Waals surface area contributed by atoms with Crippen LogP contribution in [0.3, 0.4) is 0 Å². The number of fused-ring (bicyclic) bond motifs is 1. The number of hydrogen-bond donors (Lipinski definition) is 2. The molecule has 2 aliphatic rings. The summed E-state index contributed by atoms with van der Waals surface area (Å²) in [5.74, 6) is 9.20. The number of hydrogen-bond acceptors (Lipinski definition) is 3. The first-order valence-electron chi connectivity index (χ1n) is 6.46. The molecule has 0 spiro atoms. The molecular formula is C14H20N2O. The van der Waals surface area contributed by atoms with Gasteiger partial charge in [-0.25, -0.2) is 0 Å². The molecule has 3 N–H and O–H groups in total. The molecule has 1 aromatic rings. The first-order valence-corrected chi connectivity index (χ1v) is 6.46. The maximum atomic E-state index is 5.77. The van der Waals surface area contributed by atoms with E-state index >= 15 is 0 Å². The Morgan fingerprint density at radius 3 is 2.65 bits per heavy atom. The molecule has 2 fully saturated rings. The summed E-state index contributed by atoms with van der Waals surface area (Å²) in [5, 5.41) is 0. The number of hydrazine groups is 1. The van der Waals surface area contributed by atoms with E-state index in [0.717, 1.165) is 17.6 Å². The highest BCUT2D eigenvalue weighted by Gasteiger charge is 2.56. The van der Waals surface area contributed by atoms with Crippen LogP contribution >= 0.6 is 0 Å². The van der Waals surface area contributed by atoms with Crippen LogP contribution in [0.15, 0.2) is 24.3 Å². The quantitative estimate of drug-likeness (QED) is 0.618. The van der Waals surface area contributed by atoms with Gasteiger partial charge < -0.3 is 4.74 Å². The van der Waals surface area contributed by atoms with Gasteiger partial charge in [0.15, 0.2) is 0 Å². The summed E-state index contributed by atoms with van der Waals surface area (Å²) in [7, 11) is 1.72. The summed E-state index contributed by atoms with van der Waals surface area (Å²) in [6.45, 7) is 0. The summed E-state index contributed by atoms with van der Waals surface area (Å²) in [6, 6.07) is 8.45. The lowest BCUT2D eigenvalue weighted by Gasteiger charge is -2.20. The van der Waals surface area contributed by atoms with Gasteiger partial charge in [-0.2, -0.15) is 0 Å². The minimum Gasteiger partial charge on any atom is -0.496 e. The average molecular weight is 232 g/mol. The summed E-state index contributed by atoms with van der Waals surface area (Å²) < 4.78 is 5.43. The monoisotopic (exact) mass is 232 g/mol. The molecular weight excluding hydrogens is 212 g/mol. The lowest BCUT2D eigenvalue weighted by atomic mass is 9.97. The van der Waals surface area contributed by atoms with Crippen LogP contribution in [0, 0.1) is 17.8 Å². The molecule has 0 heterocycles. The van der Waals surface area contributed by atoms with Gasteiger partial charge in [-0.3, -0.25) is 11.3 Å². The Morgan fingerprint density at radius 2 is 2.00 bits per heavy atom. The van der Waals surface area contributed by atoms with Gasteiger partial charge in [-0.1, -0.05) is 24.6 Å². The fraction of sp³-hybridized carbons (Fsp3) is 0.571. The summed E-state index contributed by atoms with van der Waals surface area (Å²) >= 11 is 0. The first-order chi connectivity index (χ1) is 8.36. The van der Waals surface area contributed by atoms with E-state index in [1.807, 2.05) is 12.1 Å². The van der Waals surface area contributed by atoms with Crippen molar-refractivity contribution < 1.29 is 4.74 Å². The Labute approximate surface area is 102 Å². The van der Waals surface area contributed by atoms with Gasteiger partial charge in [-0.05, 0) is 36.7 Å². The second-order valence-electron chi connectivity index (χ2n) is 5.22. The Hall–Kier alpha value is -1.06. The highest BCUT2D eigenvalue weighted by molar-refractivity contribution is 5.37. The first kappa shape index (κ1) is 11.1. The van der Waals surface area contributed by atoms with Gasteiger partial charge in [0.05, 0.1) is 13.2 Å². The van der Waals surface area contributed by atoms with Crippen LogP contribution in [0.5, 0.6) is 5.75 Å². The second kappa shape index (κ2) is 4.31. The van der Waals surface area contributed by atoms with E-state index in [0.29, 0.717) is 5.92 Å². The molecule has 3 atom stereocenters. The molecule has 0 aliphatic heterocycles. The number of nitrogens with one attached hydrogen (secondary N) is 1. The molecule has 3 nitrogen and oxygen atoms in total. The van der Waals surface area contributed by atoms with Crippen LogP contribution in [0.1, 0.15) is 30.9 Å². The standard InChI is InChI=1S/C14H20N2O/c1-17-12-8-3-2-5-11(12)14(16-15)13-9-6-4-7-10(9)13/h2-3,5,8-10,13-14,16H,4,6-7,15H2,1H3. The predicted molar refractivity (Wildman–Crippen MR) is 67.4 cm³/mol. The molecule has 0 saturated heterocycles. The maximum absolute atomic E-state index is 5.77. The highest BCUT2D eigenvalue weighted by atomic mass is 16.5. The van der Waals surface area contributed by atoms with E-state index < -0.39 is 0 Å². The van der Waals surface area contributed by atoms with Crippen LogP contribution in [0.25, 0.3) is 0 Å². The number of nitrogens with two attached hydrogens (primary N) is 1. The fourth-order valence-electron chi connectivity index (χ4n) is 3.70. The minimum absolute atomic E-state index is 0.251. The molecule has 2 saturated carbocycles. The van der Waals surface area contributed by atoms with Crippen molar-refractivity contribution in [1.82, 2.24) is 5.43 Å². The Kier molecular flexibility index (Phi) is 2.81. The molecule has 0 amide bonds. The van der Waals surface area contributed by atoms with E-state index in [2.05, 4.69) is 17.6 Å². The van der Waals surface area contributed by atoms with Crippen LogP contribution in [0.4, 0.5) is 0 Å². The van der Waals surface area contributed by atoms with Gasteiger partial charge in [0.1, 0.15) is 5.75 Å². The van der Waals surface area contributed by atoms with E-state index in [-0.39, 0.29) is 6.04 Å². The predicted octanol–water partition coefficient (Wildman–Crippen LogP) is 2.25. The zero-order valence-electron chi connectivity index (χ0n) is 10.2. The van der Waals surface area contributed by atoms with Crippen LogP contribution in [-0.2, 0) is 0 Å². The molecule has 0 bridgehead atoms. The van der Waals surface area contributed by atoms with Crippen molar-refractivity contribution in [1.29, 1.82) is 0 Å². The fourth-order valence-corrected chi connectivity index (χ4v) is 3.70. The third-order valence-corrected chi connectivity index (χ3v) is 4.51. The lowest BCUT2D eigenvalue weighted by molar-refractivity contribution is 0.377.